The van der Waals surface area contributed by atoms with Crippen LogP contribution in [-0.4, -0.2) is 67.4 Å². The molecule has 12 heteroatoms. The number of nitrogens with zero attached hydrogens (tertiary/aromatic N) is 1. The molecule has 0 saturated carbocycles. The van der Waals surface area contributed by atoms with Crippen molar-refractivity contribution < 1.29 is 30.0 Å². The van der Waals surface area contributed by atoms with E-state index in [-0.39, 0.29) is 35.8 Å². The van der Waals surface area contributed by atoms with E-state index in [0.29, 0.717) is 0 Å². The van der Waals surface area contributed by atoms with Gasteiger partial charge in [-0.3, -0.25) is 19.1 Å². The Labute approximate surface area is 147 Å². The van der Waals surface area contributed by atoms with Crippen LogP contribution in [0.15, 0.2) is 11.0 Å². The maximum Gasteiger partial charge on any atom is 0.317 e. The van der Waals surface area contributed by atoms with Crippen LogP contribution in [-0.2, 0) is 16.1 Å². The van der Waals surface area contributed by atoms with Crippen LogP contribution in [0.2, 0.25) is 0 Å². The molecule has 2 rings (SSSR count). The number of nitrogens with one attached hydrogen (secondary N) is 2. The van der Waals surface area contributed by atoms with Crippen molar-refractivity contribution in [3.8, 4) is 0 Å². The predicted molar refractivity (Wildman–Crippen MR) is 85.5 cm³/mol. The molecule has 0 radical (unpaired) electrons. The summed E-state index contributed by atoms with van der Waals surface area (Å²) in [5, 5.41) is 40.0. The Bertz CT molecular complexity index is 694. The minimum atomic E-state index is -1.34. The number of halogens is 1. The molecule has 1 saturated heterocycles. The molecule has 0 aliphatic carbocycles. The topological polar surface area (TPSA) is 157 Å². The summed E-state index contributed by atoms with van der Waals surface area (Å²) < 4.78 is 6.56. The molecule has 0 aromatic carbocycles. The lowest BCUT2D eigenvalue weighted by Crippen LogP contribution is -2.34. The zero-order valence-corrected chi connectivity index (χ0v) is 13.9. The largest absolute Gasteiger partial charge is 0.480 e. The summed E-state index contributed by atoms with van der Waals surface area (Å²) >= 11 is 5.01. The van der Waals surface area contributed by atoms with Gasteiger partial charge in [-0.05, 0) is 12.2 Å². The first-order valence-electron chi connectivity index (χ1n) is 6.74. The molecular formula is C12H18ClN3O7S. The standard InChI is InChI=1S/C12H17N3O7S.ClH/c16-4-6-8(19)9(20)11(22-6)15-3-5(1-13-2-7(17)18)10(21)14-12(15)23;/h3,6,8-9,11,13,16,19-20H,1-2,4H2,(H,17,18)(H,14,21,23);1H/t6-,8-,9-,11-;/m1./s1. The van der Waals surface area contributed by atoms with Crippen molar-refractivity contribution in [2.45, 2.75) is 31.1 Å². The molecule has 6 N–H and O–H groups in total. The SMILES string of the molecule is Cl.O=C(O)CNCc1cn([C@@H]2O[C@H](CO)[C@@H](O)[C@H]2O)c(=S)[nH]c1=O. The second-order valence-corrected chi connectivity index (χ2v) is 5.43. The molecule has 0 unspecified atom stereocenters. The number of carboxylic acid groups (broad SMARTS) is 1. The van der Waals surface area contributed by atoms with Crippen LogP contribution < -0.4 is 10.9 Å². The van der Waals surface area contributed by atoms with Crippen molar-refractivity contribution in [2.24, 2.45) is 0 Å². The zero-order valence-electron chi connectivity index (χ0n) is 12.3. The van der Waals surface area contributed by atoms with E-state index >= 15 is 0 Å². The number of aromatic amines is 1. The molecular weight excluding hydrogens is 366 g/mol. The number of aliphatic hydroxyl groups excluding tert-OH is 3. The summed E-state index contributed by atoms with van der Waals surface area (Å²) in [4.78, 5) is 24.7. The van der Waals surface area contributed by atoms with Crippen LogP contribution in [0.1, 0.15) is 11.8 Å². The summed E-state index contributed by atoms with van der Waals surface area (Å²) in [5.74, 6) is -1.07. The summed E-state index contributed by atoms with van der Waals surface area (Å²) in [5.41, 5.74) is -0.325. The predicted octanol–water partition coefficient (Wildman–Crippen LogP) is -1.89. The maximum absolute atomic E-state index is 11.8. The fraction of sp³-hybridized carbons (Fsp3) is 0.583. The van der Waals surface area contributed by atoms with Crippen LogP contribution >= 0.6 is 24.6 Å². The van der Waals surface area contributed by atoms with Gasteiger partial charge in [-0.25, -0.2) is 0 Å². The van der Waals surface area contributed by atoms with E-state index in [1.54, 1.807) is 0 Å². The van der Waals surface area contributed by atoms with E-state index in [0.717, 1.165) is 0 Å². The molecule has 1 aromatic rings. The van der Waals surface area contributed by atoms with Gasteiger partial charge in [-0.1, -0.05) is 0 Å². The third kappa shape index (κ3) is 4.39. The van der Waals surface area contributed by atoms with Gasteiger partial charge in [0.1, 0.15) is 18.3 Å². The third-order valence-electron chi connectivity index (χ3n) is 3.42. The maximum atomic E-state index is 11.8. The number of carbonyl (C=O) groups is 1. The van der Waals surface area contributed by atoms with Crippen molar-refractivity contribution in [1.29, 1.82) is 0 Å². The Balaban J connectivity index is 0.00000288. The smallest absolute Gasteiger partial charge is 0.317 e. The van der Waals surface area contributed by atoms with Crippen molar-refractivity contribution in [1.82, 2.24) is 14.9 Å². The van der Waals surface area contributed by atoms with Gasteiger partial charge in [0.25, 0.3) is 5.56 Å². The first kappa shape index (κ1) is 20.7. The fourth-order valence-electron chi connectivity index (χ4n) is 2.26. The van der Waals surface area contributed by atoms with Gasteiger partial charge in [0, 0.05) is 18.3 Å². The Morgan fingerprint density at radius 2 is 2.08 bits per heavy atom. The average Bonchev–Trinajstić information content (AvgIpc) is 2.77. The number of ether oxygens (including phenoxy) is 1. The molecule has 4 atom stereocenters. The van der Waals surface area contributed by atoms with Crippen molar-refractivity contribution in [3.63, 3.8) is 0 Å². The molecule has 1 aromatic heterocycles. The van der Waals surface area contributed by atoms with Gasteiger partial charge in [0.2, 0.25) is 0 Å². The van der Waals surface area contributed by atoms with Gasteiger partial charge in [0.05, 0.1) is 13.2 Å². The van der Waals surface area contributed by atoms with E-state index in [9.17, 15) is 19.8 Å². The highest BCUT2D eigenvalue weighted by atomic mass is 35.5. The minimum absolute atomic E-state index is 0. The zero-order chi connectivity index (χ0) is 17.1. The van der Waals surface area contributed by atoms with Crippen molar-refractivity contribution in [2.75, 3.05) is 13.2 Å². The lowest BCUT2D eigenvalue weighted by atomic mass is 10.1. The second-order valence-electron chi connectivity index (χ2n) is 5.05. The van der Waals surface area contributed by atoms with E-state index in [1.807, 2.05) is 0 Å². The summed E-state index contributed by atoms with van der Waals surface area (Å²) in [6.45, 7) is -0.854. The third-order valence-corrected chi connectivity index (χ3v) is 3.74. The number of H-pyrrole nitrogens is 1. The van der Waals surface area contributed by atoms with E-state index < -0.39 is 42.7 Å². The molecule has 1 aliphatic heterocycles. The highest BCUT2D eigenvalue weighted by Crippen LogP contribution is 2.29. The lowest BCUT2D eigenvalue weighted by Gasteiger charge is -2.19. The van der Waals surface area contributed by atoms with E-state index in [4.69, 9.17) is 27.2 Å². The molecule has 1 fully saturated rings. The molecule has 2 heterocycles. The molecule has 10 nitrogen and oxygen atoms in total. The Morgan fingerprint density at radius 1 is 1.42 bits per heavy atom. The van der Waals surface area contributed by atoms with Gasteiger partial charge < -0.3 is 30.5 Å². The van der Waals surface area contributed by atoms with Crippen molar-refractivity contribution in [3.05, 3.63) is 26.9 Å². The van der Waals surface area contributed by atoms with Gasteiger partial charge in [0.15, 0.2) is 11.0 Å². The number of hydrogen-bond donors (Lipinski definition) is 6. The molecule has 136 valence electrons. The molecule has 1 aliphatic rings. The Hall–Kier alpha value is -1.34. The molecule has 0 bridgehead atoms. The summed E-state index contributed by atoms with van der Waals surface area (Å²) in [7, 11) is 0. The van der Waals surface area contributed by atoms with Gasteiger partial charge in [-0.15, -0.1) is 12.4 Å². The number of carboxylic acids is 1. The highest BCUT2D eigenvalue weighted by molar-refractivity contribution is 7.71. The van der Waals surface area contributed by atoms with Crippen LogP contribution in [0.4, 0.5) is 0 Å². The Morgan fingerprint density at radius 3 is 2.62 bits per heavy atom. The first-order valence-corrected chi connectivity index (χ1v) is 7.15. The highest BCUT2D eigenvalue weighted by Gasteiger charge is 2.43. The number of aliphatic carboxylic acids is 1. The fourth-order valence-corrected chi connectivity index (χ4v) is 2.51. The second kappa shape index (κ2) is 8.67. The monoisotopic (exact) mass is 383 g/mol. The number of aliphatic hydroxyl groups is 3. The van der Waals surface area contributed by atoms with E-state index in [1.165, 1.54) is 10.8 Å². The minimum Gasteiger partial charge on any atom is -0.480 e. The Kier molecular flexibility index (Phi) is 7.48. The normalized spacial score (nSPS) is 26.1. The van der Waals surface area contributed by atoms with Crippen LogP contribution in [0.5, 0.6) is 0 Å². The van der Waals surface area contributed by atoms with Crippen LogP contribution in [0.25, 0.3) is 0 Å². The number of hydrogen-bond acceptors (Lipinski definition) is 8. The van der Waals surface area contributed by atoms with Crippen LogP contribution in [0.3, 0.4) is 0 Å². The average molecular weight is 384 g/mol. The molecule has 0 amide bonds. The number of aromatic nitrogens is 2. The van der Waals surface area contributed by atoms with Gasteiger partial charge in [-0.2, -0.15) is 0 Å². The van der Waals surface area contributed by atoms with Gasteiger partial charge >= 0.3 is 5.97 Å². The lowest BCUT2D eigenvalue weighted by molar-refractivity contribution is -0.136. The molecule has 0 spiro atoms. The molecule has 24 heavy (non-hydrogen) atoms. The summed E-state index contributed by atoms with van der Waals surface area (Å²) in [6, 6.07) is 0. The number of rotatable bonds is 6. The van der Waals surface area contributed by atoms with E-state index in [2.05, 4.69) is 10.3 Å². The first-order chi connectivity index (χ1) is 10.8. The van der Waals surface area contributed by atoms with Crippen molar-refractivity contribution >= 4 is 30.6 Å². The quantitative estimate of drug-likeness (QED) is 0.309. The summed E-state index contributed by atoms with van der Waals surface area (Å²) in [6.07, 6.45) is -3.38. The van der Waals surface area contributed by atoms with Crippen LogP contribution in [0, 0.1) is 4.77 Å².